The Morgan fingerprint density at radius 1 is 0.930 bits per heavy atom. The quantitative estimate of drug-likeness (QED) is 0.214. The van der Waals surface area contributed by atoms with Gasteiger partial charge in [-0.05, 0) is 42.6 Å². The Hall–Kier alpha value is -3.60. The highest BCUT2D eigenvalue weighted by molar-refractivity contribution is 5.76. The molecule has 0 aromatic heterocycles. The van der Waals surface area contributed by atoms with E-state index >= 15 is 0 Å². The van der Waals surface area contributed by atoms with Gasteiger partial charge in [0.15, 0.2) is 6.29 Å². The minimum absolute atomic E-state index is 0.0261. The number of nitrogens with zero attached hydrogens (tertiary/aromatic N) is 1. The zero-order valence-corrected chi connectivity index (χ0v) is 24.8. The number of aliphatic hydroxyl groups excluding tert-OH is 2. The number of hydrogen-bond donors (Lipinski definition) is 4. The number of nitrogens with one attached hydrogen (secondary N) is 1. The van der Waals surface area contributed by atoms with Crippen LogP contribution in [0.4, 0.5) is 0 Å². The standard InChI is InChI=1S/C34H42N2O7/c1-23(33(41)27-7-4-3-5-8-27)36(2)21-29-19-30(26-15-13-25(22-37)14-16-26)43-34(42-29)28-17-11-24(12-18-28)20-35-31(38)9-6-10-32(39)40/h3-5,7-8,11-18,23,29-30,33-34,37,41H,6,9-10,19-22H2,1-2H3,(H,35,38)(H,39,40)/t23-,29-,30+,33-,34+/m1/s1. The molecule has 1 fully saturated rings. The SMILES string of the molecule is C[C@H]([C@@H](O)c1ccccc1)N(C)C[C@H]1C[C@@H](c2ccc(CO)cc2)O[C@@H](c2ccc(CNC(=O)CCCC(=O)O)cc2)O1. The van der Waals surface area contributed by atoms with Crippen molar-refractivity contribution in [2.75, 3.05) is 13.6 Å². The maximum atomic E-state index is 12.0. The van der Waals surface area contributed by atoms with Crippen molar-refractivity contribution in [1.29, 1.82) is 0 Å². The fourth-order valence-electron chi connectivity index (χ4n) is 5.17. The summed E-state index contributed by atoms with van der Waals surface area (Å²) in [6.45, 7) is 2.90. The third kappa shape index (κ3) is 9.44. The Morgan fingerprint density at radius 2 is 1.58 bits per heavy atom. The van der Waals surface area contributed by atoms with Crippen LogP contribution < -0.4 is 5.32 Å². The molecule has 0 aliphatic carbocycles. The molecule has 1 saturated heterocycles. The number of carboxylic acid groups (broad SMARTS) is 1. The lowest BCUT2D eigenvalue weighted by Gasteiger charge is -2.39. The van der Waals surface area contributed by atoms with E-state index in [1.807, 2.05) is 92.8 Å². The summed E-state index contributed by atoms with van der Waals surface area (Å²) in [4.78, 5) is 24.8. The monoisotopic (exact) mass is 590 g/mol. The lowest BCUT2D eigenvalue weighted by molar-refractivity contribution is -0.253. The number of hydrogen-bond acceptors (Lipinski definition) is 7. The van der Waals surface area contributed by atoms with Crippen molar-refractivity contribution in [2.24, 2.45) is 0 Å². The number of aliphatic hydroxyl groups is 2. The zero-order chi connectivity index (χ0) is 30.8. The van der Waals surface area contributed by atoms with E-state index < -0.39 is 18.4 Å². The minimum Gasteiger partial charge on any atom is -0.481 e. The summed E-state index contributed by atoms with van der Waals surface area (Å²) >= 11 is 0. The molecule has 9 nitrogen and oxygen atoms in total. The molecule has 0 bridgehead atoms. The van der Waals surface area contributed by atoms with Gasteiger partial charge in [0.05, 0.1) is 24.9 Å². The van der Waals surface area contributed by atoms with Gasteiger partial charge in [-0.3, -0.25) is 14.5 Å². The van der Waals surface area contributed by atoms with Gasteiger partial charge in [-0.1, -0.05) is 78.9 Å². The van der Waals surface area contributed by atoms with Gasteiger partial charge in [0.1, 0.15) is 0 Å². The van der Waals surface area contributed by atoms with Gasteiger partial charge >= 0.3 is 5.97 Å². The molecular formula is C34H42N2O7. The van der Waals surface area contributed by atoms with Crippen LogP contribution in [0, 0.1) is 0 Å². The van der Waals surface area contributed by atoms with Crippen LogP contribution >= 0.6 is 0 Å². The van der Waals surface area contributed by atoms with Crippen LogP contribution in [-0.2, 0) is 32.2 Å². The number of rotatable bonds is 14. The minimum atomic E-state index is -0.909. The van der Waals surface area contributed by atoms with Crippen molar-refractivity contribution in [3.63, 3.8) is 0 Å². The lowest BCUT2D eigenvalue weighted by Crippen LogP contribution is -2.43. The summed E-state index contributed by atoms with van der Waals surface area (Å²) in [6.07, 6.45) is -0.603. The Kier molecular flexibility index (Phi) is 11.8. The molecule has 3 aromatic rings. The molecule has 1 amide bonds. The maximum absolute atomic E-state index is 12.0. The number of ether oxygens (including phenoxy) is 2. The predicted octanol–water partition coefficient (Wildman–Crippen LogP) is 4.65. The predicted molar refractivity (Wildman–Crippen MR) is 162 cm³/mol. The van der Waals surface area contributed by atoms with E-state index in [4.69, 9.17) is 14.6 Å². The average Bonchev–Trinajstić information content (AvgIpc) is 3.03. The van der Waals surface area contributed by atoms with Gasteiger partial charge < -0.3 is 30.1 Å². The van der Waals surface area contributed by atoms with Gasteiger partial charge in [0.2, 0.25) is 5.91 Å². The van der Waals surface area contributed by atoms with Gasteiger partial charge in [0, 0.05) is 44.0 Å². The second-order valence-corrected chi connectivity index (χ2v) is 11.2. The molecule has 5 atom stereocenters. The van der Waals surface area contributed by atoms with E-state index in [0.29, 0.717) is 25.9 Å². The van der Waals surface area contributed by atoms with Crippen LogP contribution in [0.3, 0.4) is 0 Å². The molecule has 4 N–H and O–H groups in total. The molecular weight excluding hydrogens is 548 g/mol. The largest absolute Gasteiger partial charge is 0.481 e. The summed E-state index contributed by atoms with van der Waals surface area (Å²) in [6, 6.07) is 24.9. The molecule has 230 valence electrons. The summed E-state index contributed by atoms with van der Waals surface area (Å²) in [5.41, 5.74) is 4.45. The smallest absolute Gasteiger partial charge is 0.303 e. The van der Waals surface area contributed by atoms with Crippen LogP contribution in [0.25, 0.3) is 0 Å². The molecule has 9 heteroatoms. The number of benzene rings is 3. The number of carbonyl (C=O) groups is 2. The average molecular weight is 591 g/mol. The van der Waals surface area contributed by atoms with Crippen molar-refractivity contribution >= 4 is 11.9 Å². The Labute approximate surface area is 253 Å². The summed E-state index contributed by atoms with van der Waals surface area (Å²) in [5, 5.41) is 32.0. The molecule has 0 saturated carbocycles. The third-order valence-electron chi connectivity index (χ3n) is 7.94. The van der Waals surface area contributed by atoms with Crippen molar-refractivity contribution in [3.8, 4) is 0 Å². The molecule has 3 aromatic carbocycles. The van der Waals surface area contributed by atoms with Gasteiger partial charge in [-0.2, -0.15) is 0 Å². The van der Waals surface area contributed by atoms with Crippen molar-refractivity contribution in [2.45, 2.75) is 76.4 Å². The molecule has 4 rings (SSSR count). The topological polar surface area (TPSA) is 129 Å². The van der Waals surface area contributed by atoms with E-state index in [0.717, 1.165) is 27.8 Å². The number of carbonyl (C=O) groups excluding carboxylic acids is 1. The highest BCUT2D eigenvalue weighted by Gasteiger charge is 2.34. The molecule has 0 unspecified atom stereocenters. The Balaban J connectivity index is 1.43. The molecule has 1 heterocycles. The number of aliphatic carboxylic acids is 1. The number of carboxylic acids is 1. The van der Waals surface area contributed by atoms with Crippen molar-refractivity contribution in [1.82, 2.24) is 10.2 Å². The fraction of sp³-hybridized carbons (Fsp3) is 0.412. The summed E-state index contributed by atoms with van der Waals surface area (Å²) in [7, 11) is 1.99. The van der Waals surface area contributed by atoms with Crippen LogP contribution in [0.1, 0.15) is 78.9 Å². The third-order valence-corrected chi connectivity index (χ3v) is 7.94. The first kappa shape index (κ1) is 32.3. The van der Waals surface area contributed by atoms with E-state index in [9.17, 15) is 19.8 Å². The first-order chi connectivity index (χ1) is 20.7. The first-order valence-corrected chi connectivity index (χ1v) is 14.7. The Bertz CT molecular complexity index is 1300. The second-order valence-electron chi connectivity index (χ2n) is 11.2. The number of likely N-dealkylation sites (N-methyl/N-ethyl adjacent to an activating group) is 1. The fourth-order valence-corrected chi connectivity index (χ4v) is 5.17. The Morgan fingerprint density at radius 3 is 2.23 bits per heavy atom. The molecule has 1 aliphatic rings. The van der Waals surface area contributed by atoms with E-state index in [1.165, 1.54) is 0 Å². The van der Waals surface area contributed by atoms with Crippen LogP contribution in [0.2, 0.25) is 0 Å². The summed E-state index contributed by atoms with van der Waals surface area (Å²) in [5.74, 6) is -1.09. The van der Waals surface area contributed by atoms with Gasteiger partial charge in [0.25, 0.3) is 0 Å². The van der Waals surface area contributed by atoms with Crippen LogP contribution in [0.5, 0.6) is 0 Å². The highest BCUT2D eigenvalue weighted by atomic mass is 16.7. The normalized spacial score (nSPS) is 20.0. The van der Waals surface area contributed by atoms with Crippen molar-refractivity contribution < 1.29 is 34.4 Å². The maximum Gasteiger partial charge on any atom is 0.303 e. The first-order valence-electron chi connectivity index (χ1n) is 14.7. The molecule has 1 aliphatic heterocycles. The highest BCUT2D eigenvalue weighted by Crippen LogP contribution is 2.38. The van der Waals surface area contributed by atoms with E-state index in [-0.39, 0.29) is 43.6 Å². The van der Waals surface area contributed by atoms with Crippen LogP contribution in [-0.4, -0.2) is 57.8 Å². The van der Waals surface area contributed by atoms with E-state index in [2.05, 4.69) is 10.2 Å². The lowest BCUT2D eigenvalue weighted by atomic mass is 9.98. The summed E-state index contributed by atoms with van der Waals surface area (Å²) < 4.78 is 12.9. The molecule has 0 radical (unpaired) electrons. The van der Waals surface area contributed by atoms with Gasteiger partial charge in [-0.25, -0.2) is 0 Å². The second kappa shape index (κ2) is 15.7. The zero-order valence-electron chi connectivity index (χ0n) is 24.8. The van der Waals surface area contributed by atoms with E-state index in [1.54, 1.807) is 0 Å². The van der Waals surface area contributed by atoms with Gasteiger partial charge in [-0.15, -0.1) is 0 Å². The molecule has 43 heavy (non-hydrogen) atoms. The number of amides is 1. The van der Waals surface area contributed by atoms with Crippen molar-refractivity contribution in [3.05, 3.63) is 107 Å². The van der Waals surface area contributed by atoms with Crippen LogP contribution in [0.15, 0.2) is 78.9 Å². The molecule has 0 spiro atoms.